The van der Waals surface area contributed by atoms with Crippen LogP contribution in [0.25, 0.3) is 65.0 Å². The average Bonchev–Trinajstić information content (AvgIpc) is 3.50. The lowest BCUT2D eigenvalue weighted by molar-refractivity contribution is 0.603. The van der Waals surface area contributed by atoms with Gasteiger partial charge in [-0.2, -0.15) is 0 Å². The van der Waals surface area contributed by atoms with Crippen molar-refractivity contribution >= 4 is 65.0 Å². The van der Waals surface area contributed by atoms with Crippen molar-refractivity contribution in [1.82, 2.24) is 0 Å². The van der Waals surface area contributed by atoms with E-state index in [4.69, 9.17) is 0 Å². The lowest BCUT2D eigenvalue weighted by Crippen LogP contribution is -2.14. The molecule has 0 radical (unpaired) electrons. The largest absolute Gasteiger partial charge is 0.0770 e. The summed E-state index contributed by atoms with van der Waals surface area (Å²) in [6.45, 7) is 0. The summed E-state index contributed by atoms with van der Waals surface area (Å²) in [4.78, 5) is 0. The van der Waals surface area contributed by atoms with Crippen LogP contribution >= 0.6 is 0 Å². The number of benzene rings is 5. The number of allylic oxidation sites excluding steroid dienone is 6. The van der Waals surface area contributed by atoms with Crippen molar-refractivity contribution in [1.29, 1.82) is 0 Å². The first kappa shape index (κ1) is 13.8. The van der Waals surface area contributed by atoms with Crippen LogP contribution in [0.15, 0.2) is 48.6 Å². The summed E-state index contributed by atoms with van der Waals surface area (Å²) in [7, 11) is 0. The van der Waals surface area contributed by atoms with Gasteiger partial charge in [0.05, 0.1) is 0 Å². The van der Waals surface area contributed by atoms with E-state index in [1.165, 1.54) is 17.2 Å². The molecule has 2 bridgehead atoms. The maximum Gasteiger partial charge on any atom is 0.00282 e. The summed E-state index contributed by atoms with van der Waals surface area (Å²) in [5, 5.41) is 15.8. The van der Waals surface area contributed by atoms with E-state index in [-0.39, 0.29) is 0 Å². The summed E-state index contributed by atoms with van der Waals surface area (Å²) < 4.78 is 0. The molecule has 2 atom stereocenters. The molecule has 31 heavy (non-hydrogen) atoms. The van der Waals surface area contributed by atoms with Gasteiger partial charge in [-0.3, -0.25) is 0 Å². The highest BCUT2D eigenvalue weighted by atomic mass is 14.5. The van der Waals surface area contributed by atoms with Crippen LogP contribution in [-0.2, 0) is 19.3 Å². The van der Waals surface area contributed by atoms with Gasteiger partial charge in [-0.25, -0.2) is 0 Å². The molecule has 0 nitrogen and oxygen atoms in total. The van der Waals surface area contributed by atoms with E-state index in [2.05, 4.69) is 48.6 Å². The van der Waals surface area contributed by atoms with Crippen molar-refractivity contribution in [3.8, 4) is 0 Å². The van der Waals surface area contributed by atoms with Gasteiger partial charge in [-0.05, 0) is 124 Å². The van der Waals surface area contributed by atoms with Crippen LogP contribution in [0.4, 0.5) is 0 Å². The molecule has 11 rings (SSSR count). The quantitative estimate of drug-likeness (QED) is 0.237. The molecule has 6 aromatic carbocycles. The van der Waals surface area contributed by atoms with Gasteiger partial charge in [-0.1, -0.05) is 48.6 Å². The summed E-state index contributed by atoms with van der Waals surface area (Å²) in [5.41, 5.74) is 13.0. The smallest absolute Gasteiger partial charge is 0.00282 e. The summed E-state index contributed by atoms with van der Waals surface area (Å²) in [6.07, 6.45) is 13.4. The molecule has 0 heterocycles. The summed E-state index contributed by atoms with van der Waals surface area (Å²) in [5.74, 6) is 1.16. The van der Waals surface area contributed by atoms with Crippen molar-refractivity contribution < 1.29 is 0 Å². The Hall–Kier alpha value is -3.38. The van der Waals surface area contributed by atoms with E-state index in [0.29, 0.717) is 11.8 Å². The van der Waals surface area contributed by atoms with Crippen molar-refractivity contribution in [2.45, 2.75) is 25.2 Å². The summed E-state index contributed by atoms with van der Waals surface area (Å²) >= 11 is 0. The van der Waals surface area contributed by atoms with E-state index in [1.807, 2.05) is 0 Å². The number of hydrogen-bond acceptors (Lipinski definition) is 0. The first-order valence-corrected chi connectivity index (χ1v) is 11.8. The first-order valence-electron chi connectivity index (χ1n) is 11.8. The fraction of sp³-hybridized carbons (Fsp3) is 0.161. The molecular formula is C31H16. The second-order valence-corrected chi connectivity index (χ2v) is 10.7. The van der Waals surface area contributed by atoms with Gasteiger partial charge in [-0.15, -0.1) is 0 Å². The van der Waals surface area contributed by atoms with Crippen LogP contribution in [0, 0.1) is 5.92 Å². The Morgan fingerprint density at radius 1 is 0.677 bits per heavy atom. The minimum absolute atomic E-state index is 0.540. The van der Waals surface area contributed by atoms with Crippen LogP contribution in [0.1, 0.15) is 39.3 Å². The Bertz CT molecular complexity index is 2000. The Morgan fingerprint density at radius 3 is 2.19 bits per heavy atom. The minimum atomic E-state index is 0.540. The van der Waals surface area contributed by atoms with Crippen LogP contribution in [-0.4, -0.2) is 0 Å². The molecule has 5 aliphatic carbocycles. The van der Waals surface area contributed by atoms with Crippen molar-refractivity contribution in [3.63, 3.8) is 0 Å². The highest BCUT2D eigenvalue weighted by molar-refractivity contribution is 6.48. The van der Waals surface area contributed by atoms with E-state index >= 15 is 0 Å². The van der Waals surface area contributed by atoms with E-state index in [1.54, 1.807) is 87.6 Å². The Balaban J connectivity index is 1.66. The Kier molecular flexibility index (Phi) is 1.70. The third-order valence-electron chi connectivity index (χ3n) is 9.65. The van der Waals surface area contributed by atoms with Gasteiger partial charge in [0.1, 0.15) is 0 Å². The van der Waals surface area contributed by atoms with Crippen LogP contribution in [0.5, 0.6) is 0 Å². The number of rotatable bonds is 0. The number of hydrogen-bond donors (Lipinski definition) is 0. The molecule has 140 valence electrons. The molecule has 0 N–H and O–H groups in total. The summed E-state index contributed by atoms with van der Waals surface area (Å²) in [6, 6.07) is 9.85. The van der Waals surface area contributed by atoms with Crippen molar-refractivity contribution in [2.24, 2.45) is 5.92 Å². The highest BCUT2D eigenvalue weighted by Gasteiger charge is 2.44. The molecule has 0 spiro atoms. The van der Waals surface area contributed by atoms with E-state index < -0.39 is 0 Å². The van der Waals surface area contributed by atoms with Crippen LogP contribution in [0.3, 0.4) is 0 Å². The van der Waals surface area contributed by atoms with Crippen molar-refractivity contribution in [2.75, 3.05) is 0 Å². The second kappa shape index (κ2) is 3.82. The Labute approximate surface area is 178 Å². The van der Waals surface area contributed by atoms with Crippen molar-refractivity contribution in [3.05, 3.63) is 82.0 Å². The zero-order valence-corrected chi connectivity index (χ0v) is 16.9. The molecule has 0 saturated heterocycles. The standard InChI is InChI=1S/C31H16/c1-2-12-6-16-10-18-9-15-5-4-14-8-17-7-13(3-1)21-20-11-19(12)27-25(16)26(18)30-23(15)22(14)29(24(17)21)31(30)28(20)27/h1-6,8-9,12,19H,7,10-11H2/b2-1-,13-3-/t12?,19-/m1/s1. The molecule has 5 aliphatic rings. The van der Waals surface area contributed by atoms with Gasteiger partial charge in [0.25, 0.3) is 0 Å². The fourth-order valence-electron chi connectivity index (χ4n) is 8.84. The maximum atomic E-state index is 2.64. The van der Waals surface area contributed by atoms with Gasteiger partial charge >= 0.3 is 0 Å². The van der Waals surface area contributed by atoms with E-state index in [9.17, 15) is 0 Å². The molecule has 0 amide bonds. The lowest BCUT2D eigenvalue weighted by Gasteiger charge is -2.27. The normalized spacial score (nSPS) is 26.7. The molecule has 0 fully saturated rings. The zero-order chi connectivity index (χ0) is 19.3. The molecule has 1 unspecified atom stereocenters. The minimum Gasteiger partial charge on any atom is -0.0770 e. The first-order chi connectivity index (χ1) is 15.4. The van der Waals surface area contributed by atoms with Gasteiger partial charge in [0, 0.05) is 5.92 Å². The predicted octanol–water partition coefficient (Wildman–Crippen LogP) is 7.48. The third kappa shape index (κ3) is 1.13. The molecular weight excluding hydrogens is 372 g/mol. The molecule has 6 aromatic rings. The SMILES string of the molecule is C1=C2Cc3cc4ccc5cc6c7c8c9c%10c(c2c3c2c4c5c7c%102)[C@H](C9)C1/C=C\C=C/8C6. The maximum absolute atomic E-state index is 2.64. The molecule has 0 aromatic heterocycles. The van der Waals surface area contributed by atoms with E-state index in [0.717, 1.165) is 12.8 Å². The second-order valence-electron chi connectivity index (χ2n) is 10.7. The third-order valence-corrected chi connectivity index (χ3v) is 9.65. The lowest BCUT2D eigenvalue weighted by atomic mass is 9.76. The highest BCUT2D eigenvalue weighted by Crippen LogP contribution is 2.64. The molecule has 0 saturated carbocycles. The Morgan fingerprint density at radius 2 is 1.39 bits per heavy atom. The van der Waals surface area contributed by atoms with Gasteiger partial charge < -0.3 is 0 Å². The van der Waals surface area contributed by atoms with Crippen LogP contribution < -0.4 is 0 Å². The topological polar surface area (TPSA) is 0 Å². The van der Waals surface area contributed by atoms with Crippen LogP contribution in [0.2, 0.25) is 0 Å². The fourth-order valence-corrected chi connectivity index (χ4v) is 8.84. The van der Waals surface area contributed by atoms with Gasteiger partial charge in [0.2, 0.25) is 0 Å². The van der Waals surface area contributed by atoms with Gasteiger partial charge in [0.15, 0.2) is 0 Å². The average molecular weight is 388 g/mol. The molecule has 0 aliphatic heterocycles. The zero-order valence-electron chi connectivity index (χ0n) is 16.9. The predicted molar refractivity (Wildman–Crippen MR) is 130 cm³/mol. The monoisotopic (exact) mass is 388 g/mol. The molecule has 0 heteroatoms.